The van der Waals surface area contributed by atoms with Crippen LogP contribution in [0.1, 0.15) is 0 Å². The van der Waals surface area contributed by atoms with Crippen molar-refractivity contribution in [3.63, 3.8) is 0 Å². The van der Waals surface area contributed by atoms with Gasteiger partial charge in [-0.3, -0.25) is 4.55 Å². The van der Waals surface area contributed by atoms with Gasteiger partial charge in [-0.15, -0.1) is 11.3 Å². The summed E-state index contributed by atoms with van der Waals surface area (Å²) in [5.74, 6) is 0. The molecule has 0 saturated carbocycles. The van der Waals surface area contributed by atoms with E-state index in [1.807, 2.05) is 0 Å². The number of rotatable bonds is 2. The zero-order chi connectivity index (χ0) is 10.3. The highest BCUT2D eigenvalue weighted by Crippen LogP contribution is 2.27. The Kier molecular flexibility index (Phi) is 2.70. The van der Waals surface area contributed by atoms with Gasteiger partial charge in [0.1, 0.15) is 8.42 Å². The molecule has 5 nitrogen and oxygen atoms in total. The van der Waals surface area contributed by atoms with E-state index in [-0.39, 0.29) is 4.21 Å². The highest BCUT2D eigenvalue weighted by atomic mass is 35.7. The largest absolute Gasteiger partial charge is 0.304 e. The molecule has 9 heteroatoms. The van der Waals surface area contributed by atoms with Crippen LogP contribution in [-0.2, 0) is 19.2 Å². The van der Waals surface area contributed by atoms with E-state index >= 15 is 0 Å². The minimum Gasteiger partial charge on any atom is -0.281 e. The minimum absolute atomic E-state index is 0.318. The van der Waals surface area contributed by atoms with Crippen LogP contribution in [0.3, 0.4) is 0 Å². The van der Waals surface area contributed by atoms with Gasteiger partial charge in [0.25, 0.3) is 9.05 Å². The maximum absolute atomic E-state index is 10.7. The zero-order valence-corrected chi connectivity index (χ0v) is 9.04. The molecule has 0 bridgehead atoms. The molecule has 0 fully saturated rings. The first-order valence-electron chi connectivity index (χ1n) is 2.73. The van der Waals surface area contributed by atoms with Crippen LogP contribution in [0.4, 0.5) is 0 Å². The van der Waals surface area contributed by atoms with Gasteiger partial charge >= 0.3 is 10.1 Å². The van der Waals surface area contributed by atoms with Crippen molar-refractivity contribution in [3.05, 3.63) is 12.1 Å². The van der Waals surface area contributed by atoms with E-state index in [0.717, 1.165) is 12.1 Å². The van der Waals surface area contributed by atoms with Gasteiger partial charge in [0, 0.05) is 10.7 Å². The Balaban J connectivity index is 3.32. The van der Waals surface area contributed by atoms with Crippen LogP contribution >= 0.6 is 22.0 Å². The highest BCUT2D eigenvalue weighted by molar-refractivity contribution is 8.15. The lowest BCUT2D eigenvalue weighted by atomic mass is 10.7. The van der Waals surface area contributed by atoms with Gasteiger partial charge in [-0.05, 0) is 12.1 Å². The fourth-order valence-corrected chi connectivity index (χ4v) is 3.47. The van der Waals surface area contributed by atoms with Gasteiger partial charge < -0.3 is 0 Å². The molecule has 0 aliphatic heterocycles. The lowest BCUT2D eigenvalue weighted by Crippen LogP contribution is -1.93. The van der Waals surface area contributed by atoms with Crippen LogP contribution in [0, 0.1) is 0 Å². The summed E-state index contributed by atoms with van der Waals surface area (Å²) in [5.41, 5.74) is 0. The first-order chi connectivity index (χ1) is 5.71. The Morgan fingerprint density at radius 2 is 1.62 bits per heavy atom. The predicted molar refractivity (Wildman–Crippen MR) is 47.2 cm³/mol. The first-order valence-corrected chi connectivity index (χ1v) is 7.30. The summed E-state index contributed by atoms with van der Waals surface area (Å²) in [4.78, 5) is 0. The van der Waals surface area contributed by atoms with Crippen LogP contribution in [-0.4, -0.2) is 21.4 Å². The molecule has 0 saturated heterocycles. The fourth-order valence-electron chi connectivity index (χ4n) is 0.573. The molecule has 0 atom stereocenters. The predicted octanol–water partition coefficient (Wildman–Crippen LogP) is 0.922. The van der Waals surface area contributed by atoms with Crippen LogP contribution in [0.5, 0.6) is 0 Å². The van der Waals surface area contributed by atoms with Crippen molar-refractivity contribution < 1.29 is 21.4 Å². The molecule has 1 rings (SSSR count). The summed E-state index contributed by atoms with van der Waals surface area (Å²) in [6, 6.07) is 1.98. The van der Waals surface area contributed by atoms with E-state index in [4.69, 9.17) is 15.2 Å². The Bertz CT molecular complexity index is 463. The molecule has 0 aromatic carbocycles. The molecule has 13 heavy (non-hydrogen) atoms. The van der Waals surface area contributed by atoms with Crippen LogP contribution in [0.15, 0.2) is 20.6 Å². The van der Waals surface area contributed by atoms with Crippen molar-refractivity contribution in [1.29, 1.82) is 0 Å². The summed E-state index contributed by atoms with van der Waals surface area (Å²) >= 11 is 0.389. The second-order valence-corrected chi connectivity index (χ2v) is 7.51. The number of thiophene rings is 1. The van der Waals surface area contributed by atoms with Crippen LogP contribution in [0.25, 0.3) is 0 Å². The summed E-state index contributed by atoms with van der Waals surface area (Å²) in [6.45, 7) is 0. The van der Waals surface area contributed by atoms with E-state index in [9.17, 15) is 16.8 Å². The molecule has 1 aromatic heterocycles. The third-order valence-corrected chi connectivity index (χ3v) is 5.55. The van der Waals surface area contributed by atoms with Crippen molar-refractivity contribution in [2.75, 3.05) is 0 Å². The number of halogens is 1. The summed E-state index contributed by atoms with van der Waals surface area (Å²) in [5, 5.41) is 0. The Hall–Kier alpha value is -0.150. The Morgan fingerprint density at radius 3 is 1.85 bits per heavy atom. The van der Waals surface area contributed by atoms with Gasteiger partial charge in [0.2, 0.25) is 0 Å². The van der Waals surface area contributed by atoms with Crippen molar-refractivity contribution in [2.24, 2.45) is 0 Å². The molecule has 74 valence electrons. The second kappa shape index (κ2) is 3.21. The van der Waals surface area contributed by atoms with E-state index in [1.165, 1.54) is 0 Å². The first kappa shape index (κ1) is 10.9. The number of hydrogen-bond acceptors (Lipinski definition) is 5. The third-order valence-electron chi connectivity index (χ3n) is 1.05. The standard InChI is InChI=1S/C4H3ClO5S3/c5-12(6,7)3-1-2-4(11-3)13(8,9)10/h1-2H,(H,8,9,10). The Labute approximate surface area is 83.1 Å². The van der Waals surface area contributed by atoms with Crippen LogP contribution in [0.2, 0.25) is 0 Å². The SMILES string of the molecule is O=S(=O)(O)c1ccc(S(=O)(=O)Cl)s1. The monoisotopic (exact) mass is 262 g/mol. The summed E-state index contributed by atoms with van der Waals surface area (Å²) in [7, 11) is -3.35. The minimum atomic E-state index is -4.35. The second-order valence-electron chi connectivity index (χ2n) is 1.99. The molecule has 0 unspecified atom stereocenters. The van der Waals surface area contributed by atoms with Crippen molar-refractivity contribution >= 4 is 41.2 Å². The molecule has 1 N–H and O–H groups in total. The lowest BCUT2D eigenvalue weighted by molar-refractivity contribution is 0.485. The molecule has 1 aromatic rings. The molecule has 0 aliphatic carbocycles. The average molecular weight is 263 g/mol. The topological polar surface area (TPSA) is 88.5 Å². The molecular weight excluding hydrogens is 260 g/mol. The smallest absolute Gasteiger partial charge is 0.281 e. The normalized spacial score (nSPS) is 13.1. The van der Waals surface area contributed by atoms with Crippen molar-refractivity contribution in [3.8, 4) is 0 Å². The summed E-state index contributed by atoms with van der Waals surface area (Å²) < 4.78 is 50.1. The van der Waals surface area contributed by atoms with Gasteiger partial charge in [-0.25, -0.2) is 8.42 Å². The van der Waals surface area contributed by atoms with E-state index in [0.29, 0.717) is 11.3 Å². The zero-order valence-electron chi connectivity index (χ0n) is 5.84. The van der Waals surface area contributed by atoms with Gasteiger partial charge in [-0.2, -0.15) is 8.42 Å². The maximum Gasteiger partial charge on any atom is 0.304 e. The van der Waals surface area contributed by atoms with E-state index in [1.54, 1.807) is 0 Å². The van der Waals surface area contributed by atoms with Crippen molar-refractivity contribution in [2.45, 2.75) is 8.42 Å². The lowest BCUT2D eigenvalue weighted by Gasteiger charge is -1.87. The molecule has 0 aliphatic rings. The van der Waals surface area contributed by atoms with Crippen LogP contribution < -0.4 is 0 Å². The maximum atomic E-state index is 10.7. The third kappa shape index (κ3) is 2.64. The van der Waals surface area contributed by atoms with Gasteiger partial charge in [-0.1, -0.05) is 0 Å². The Morgan fingerprint density at radius 1 is 1.15 bits per heavy atom. The highest BCUT2D eigenvalue weighted by Gasteiger charge is 2.18. The van der Waals surface area contributed by atoms with Crippen molar-refractivity contribution in [1.82, 2.24) is 0 Å². The molecule has 0 amide bonds. The number of hydrogen-bond donors (Lipinski definition) is 1. The quantitative estimate of drug-likeness (QED) is 0.632. The van der Waals surface area contributed by atoms with E-state index < -0.39 is 23.4 Å². The molecule has 1 heterocycles. The molecular formula is C4H3ClO5S3. The molecule has 0 radical (unpaired) electrons. The molecule has 0 spiro atoms. The van der Waals surface area contributed by atoms with E-state index in [2.05, 4.69) is 0 Å². The fraction of sp³-hybridized carbons (Fsp3) is 0. The summed E-state index contributed by atoms with van der Waals surface area (Å²) in [6.07, 6.45) is 0. The average Bonchev–Trinajstić information content (AvgIpc) is 2.28. The van der Waals surface area contributed by atoms with Gasteiger partial charge in [0.05, 0.1) is 0 Å². The van der Waals surface area contributed by atoms with Gasteiger partial charge in [0.15, 0.2) is 0 Å².